The molecular weight excluding hydrogens is 388 g/mol. The van der Waals surface area contributed by atoms with Crippen LogP contribution < -0.4 is 5.32 Å². The fraction of sp³-hybridized carbons (Fsp3) is 0.231. The molecule has 5 heteroatoms. The minimum Gasteiger partial charge on any atom is -0.372 e. The number of nitrogens with zero attached hydrogens (tertiary/aromatic N) is 1. The van der Waals surface area contributed by atoms with E-state index in [-0.39, 0.29) is 19.0 Å². The van der Waals surface area contributed by atoms with Crippen molar-refractivity contribution < 1.29 is 14.7 Å². The second-order valence-corrected chi connectivity index (χ2v) is 7.58. The van der Waals surface area contributed by atoms with Gasteiger partial charge in [0.2, 0.25) is 5.91 Å². The molecule has 2 N–H and O–H groups in total. The molecule has 0 atom stereocenters. The summed E-state index contributed by atoms with van der Waals surface area (Å²) in [7, 11) is 0. The normalized spacial score (nSPS) is 11.1. The Bertz CT molecular complexity index is 989. The highest BCUT2D eigenvalue weighted by Crippen LogP contribution is 2.32. The first-order valence-electron chi connectivity index (χ1n) is 10.4. The summed E-state index contributed by atoms with van der Waals surface area (Å²) in [4.78, 5) is 27.8. The Hall–Kier alpha value is -3.44. The van der Waals surface area contributed by atoms with Gasteiger partial charge in [-0.25, -0.2) is 0 Å². The van der Waals surface area contributed by atoms with Crippen molar-refractivity contribution in [2.45, 2.75) is 26.4 Å². The maximum atomic E-state index is 13.6. The largest absolute Gasteiger partial charge is 0.372 e. The van der Waals surface area contributed by atoms with Crippen LogP contribution in [0.3, 0.4) is 0 Å². The molecule has 0 saturated carbocycles. The summed E-state index contributed by atoms with van der Waals surface area (Å²) in [6.07, 6.45) is 0. The summed E-state index contributed by atoms with van der Waals surface area (Å²) in [6.45, 7) is 5.76. The van der Waals surface area contributed by atoms with Crippen molar-refractivity contribution in [3.05, 3.63) is 101 Å². The SMILES string of the molecule is CCN(CC(=O)Nc1c(C)cccc1C)C(=O)C(O)(c1ccccc1)c1ccccc1. The first-order chi connectivity index (χ1) is 14.9. The summed E-state index contributed by atoms with van der Waals surface area (Å²) in [5.74, 6) is -0.847. The molecule has 0 unspecified atom stereocenters. The lowest BCUT2D eigenvalue weighted by molar-refractivity contribution is -0.149. The van der Waals surface area contributed by atoms with Gasteiger partial charge in [-0.1, -0.05) is 78.9 Å². The van der Waals surface area contributed by atoms with Gasteiger partial charge < -0.3 is 15.3 Å². The van der Waals surface area contributed by atoms with Crippen LogP contribution in [0.25, 0.3) is 0 Å². The van der Waals surface area contributed by atoms with Crippen LogP contribution in [0.4, 0.5) is 5.69 Å². The molecule has 5 nitrogen and oxygen atoms in total. The van der Waals surface area contributed by atoms with Crippen LogP contribution in [-0.4, -0.2) is 34.9 Å². The van der Waals surface area contributed by atoms with E-state index in [0.717, 1.165) is 16.8 Å². The highest BCUT2D eigenvalue weighted by atomic mass is 16.3. The van der Waals surface area contributed by atoms with Gasteiger partial charge in [-0.05, 0) is 43.0 Å². The molecule has 0 aromatic heterocycles. The van der Waals surface area contributed by atoms with Gasteiger partial charge in [0.15, 0.2) is 5.60 Å². The average molecular weight is 417 g/mol. The molecule has 0 aliphatic rings. The standard InChI is InChI=1S/C26H28N2O3/c1-4-28(18-23(29)27-24-19(2)12-11-13-20(24)3)25(30)26(31,21-14-7-5-8-15-21)22-16-9-6-10-17-22/h5-17,31H,4,18H2,1-3H3,(H,27,29). The number of anilines is 1. The number of aliphatic hydroxyl groups is 1. The fourth-order valence-electron chi connectivity index (χ4n) is 3.69. The summed E-state index contributed by atoms with van der Waals surface area (Å²) in [5, 5.41) is 14.6. The van der Waals surface area contributed by atoms with Crippen LogP contribution in [0.15, 0.2) is 78.9 Å². The zero-order valence-electron chi connectivity index (χ0n) is 18.1. The number of carbonyl (C=O) groups is 2. The van der Waals surface area contributed by atoms with Gasteiger partial charge in [0, 0.05) is 12.2 Å². The van der Waals surface area contributed by atoms with Crippen LogP contribution in [0.5, 0.6) is 0 Å². The molecule has 0 heterocycles. The van der Waals surface area contributed by atoms with Gasteiger partial charge in [0.05, 0.1) is 6.54 Å². The lowest BCUT2D eigenvalue weighted by Gasteiger charge is -2.33. The quantitative estimate of drug-likeness (QED) is 0.611. The van der Waals surface area contributed by atoms with Crippen molar-refractivity contribution in [3.63, 3.8) is 0 Å². The van der Waals surface area contributed by atoms with E-state index in [0.29, 0.717) is 11.1 Å². The third-order valence-electron chi connectivity index (χ3n) is 5.44. The topological polar surface area (TPSA) is 69.6 Å². The number of likely N-dealkylation sites (N-methyl/N-ethyl adjacent to an activating group) is 1. The summed E-state index contributed by atoms with van der Waals surface area (Å²) < 4.78 is 0. The van der Waals surface area contributed by atoms with Crippen molar-refractivity contribution in [1.29, 1.82) is 0 Å². The predicted octanol–water partition coefficient (Wildman–Crippen LogP) is 4.03. The van der Waals surface area contributed by atoms with E-state index in [1.54, 1.807) is 55.5 Å². The third-order valence-corrected chi connectivity index (χ3v) is 5.44. The molecular formula is C26H28N2O3. The van der Waals surface area contributed by atoms with Crippen molar-refractivity contribution in [3.8, 4) is 0 Å². The number of benzene rings is 3. The van der Waals surface area contributed by atoms with Crippen LogP contribution >= 0.6 is 0 Å². The number of rotatable bonds is 7. The van der Waals surface area contributed by atoms with Crippen LogP contribution in [-0.2, 0) is 15.2 Å². The second-order valence-electron chi connectivity index (χ2n) is 7.58. The Labute approximate surface area is 183 Å². The third kappa shape index (κ3) is 4.67. The van der Waals surface area contributed by atoms with Gasteiger partial charge in [0.1, 0.15) is 0 Å². The average Bonchev–Trinajstić information content (AvgIpc) is 2.80. The van der Waals surface area contributed by atoms with E-state index in [1.165, 1.54) is 4.90 Å². The van der Waals surface area contributed by atoms with Crippen LogP contribution in [0, 0.1) is 13.8 Å². The predicted molar refractivity (Wildman–Crippen MR) is 123 cm³/mol. The minimum absolute atomic E-state index is 0.162. The van der Waals surface area contributed by atoms with Crippen molar-refractivity contribution >= 4 is 17.5 Å². The Balaban J connectivity index is 1.90. The number of hydrogen-bond donors (Lipinski definition) is 2. The molecule has 0 bridgehead atoms. The molecule has 0 spiro atoms. The first kappa shape index (κ1) is 22.2. The molecule has 3 aromatic rings. The van der Waals surface area contributed by atoms with Crippen molar-refractivity contribution in [2.24, 2.45) is 0 Å². The molecule has 160 valence electrons. The number of carbonyl (C=O) groups excluding carboxylic acids is 2. The Kier molecular flexibility index (Phi) is 6.88. The van der Waals surface area contributed by atoms with Crippen LogP contribution in [0.1, 0.15) is 29.2 Å². The number of hydrogen-bond acceptors (Lipinski definition) is 3. The zero-order chi connectivity index (χ0) is 22.4. The number of amides is 2. The Morgan fingerprint density at radius 2 is 1.32 bits per heavy atom. The second kappa shape index (κ2) is 9.58. The first-order valence-corrected chi connectivity index (χ1v) is 10.4. The maximum Gasteiger partial charge on any atom is 0.264 e. The molecule has 3 rings (SSSR count). The summed E-state index contributed by atoms with van der Waals surface area (Å²) in [5.41, 5.74) is 1.68. The molecule has 0 aliphatic carbocycles. The van der Waals surface area contributed by atoms with Gasteiger partial charge in [-0.3, -0.25) is 9.59 Å². The number of para-hydroxylation sites is 1. The summed E-state index contributed by atoms with van der Waals surface area (Å²) >= 11 is 0. The minimum atomic E-state index is -1.89. The van der Waals surface area contributed by atoms with E-state index < -0.39 is 11.5 Å². The molecule has 2 amide bonds. The van der Waals surface area contributed by atoms with Gasteiger partial charge in [0.25, 0.3) is 5.91 Å². The van der Waals surface area contributed by atoms with E-state index in [9.17, 15) is 14.7 Å². The zero-order valence-corrected chi connectivity index (χ0v) is 18.1. The van der Waals surface area contributed by atoms with Crippen LogP contribution in [0.2, 0.25) is 0 Å². The lowest BCUT2D eigenvalue weighted by atomic mass is 9.85. The van der Waals surface area contributed by atoms with Crippen molar-refractivity contribution in [2.75, 3.05) is 18.4 Å². The molecule has 3 aromatic carbocycles. The molecule has 0 radical (unpaired) electrons. The van der Waals surface area contributed by atoms with E-state index >= 15 is 0 Å². The molecule has 0 fully saturated rings. The molecule has 31 heavy (non-hydrogen) atoms. The summed E-state index contributed by atoms with van der Waals surface area (Å²) in [6, 6.07) is 23.4. The lowest BCUT2D eigenvalue weighted by Crippen LogP contribution is -2.50. The highest BCUT2D eigenvalue weighted by Gasteiger charge is 2.42. The Morgan fingerprint density at radius 1 is 0.839 bits per heavy atom. The van der Waals surface area contributed by atoms with Gasteiger partial charge in [-0.2, -0.15) is 0 Å². The van der Waals surface area contributed by atoms with Gasteiger partial charge in [-0.15, -0.1) is 0 Å². The van der Waals surface area contributed by atoms with Crippen molar-refractivity contribution in [1.82, 2.24) is 4.90 Å². The molecule has 0 saturated heterocycles. The fourth-order valence-corrected chi connectivity index (χ4v) is 3.69. The van der Waals surface area contributed by atoms with E-state index in [1.807, 2.05) is 44.2 Å². The highest BCUT2D eigenvalue weighted by molar-refractivity contribution is 5.98. The van der Waals surface area contributed by atoms with E-state index in [2.05, 4.69) is 5.32 Å². The molecule has 0 aliphatic heterocycles. The van der Waals surface area contributed by atoms with Gasteiger partial charge >= 0.3 is 0 Å². The smallest absolute Gasteiger partial charge is 0.264 e. The van der Waals surface area contributed by atoms with E-state index in [4.69, 9.17) is 0 Å². The number of aryl methyl sites for hydroxylation is 2. The number of nitrogens with one attached hydrogen (secondary N) is 1. The maximum absolute atomic E-state index is 13.6. The monoisotopic (exact) mass is 416 g/mol. The Morgan fingerprint density at radius 3 is 1.77 bits per heavy atom.